The first-order valence-corrected chi connectivity index (χ1v) is 4.45. The van der Waals surface area contributed by atoms with Gasteiger partial charge in [0.1, 0.15) is 0 Å². The molecule has 0 aromatic carbocycles. The van der Waals surface area contributed by atoms with Crippen LogP contribution in [0.4, 0.5) is 0 Å². The van der Waals surface area contributed by atoms with Crippen molar-refractivity contribution in [3.8, 4) is 0 Å². The van der Waals surface area contributed by atoms with Crippen LogP contribution in [0.2, 0.25) is 0 Å². The van der Waals surface area contributed by atoms with Gasteiger partial charge in [-0.3, -0.25) is 4.79 Å². The highest BCUT2D eigenvalue weighted by Crippen LogP contribution is 2.25. The Morgan fingerprint density at radius 2 is 2.17 bits per heavy atom. The van der Waals surface area contributed by atoms with Crippen LogP contribution in [0.15, 0.2) is 0 Å². The minimum absolute atomic E-state index is 0.0648. The number of hydrogen-bond acceptors (Lipinski definition) is 3. The van der Waals surface area contributed by atoms with Crippen molar-refractivity contribution in [2.45, 2.75) is 13.8 Å². The molecule has 70 valence electrons. The summed E-state index contributed by atoms with van der Waals surface area (Å²) in [6, 6.07) is 0. The lowest BCUT2D eigenvalue weighted by Gasteiger charge is -2.19. The molecule has 0 aliphatic carbocycles. The summed E-state index contributed by atoms with van der Waals surface area (Å²) in [5, 5.41) is 3.22. The van der Waals surface area contributed by atoms with Crippen LogP contribution >= 0.6 is 0 Å². The summed E-state index contributed by atoms with van der Waals surface area (Å²) in [7, 11) is 1.46. The molecule has 0 bridgehead atoms. The molecule has 0 spiro atoms. The molecule has 3 nitrogen and oxygen atoms in total. The number of carbonyl (C=O) groups is 1. The second-order valence-corrected chi connectivity index (χ2v) is 3.70. The number of nitrogens with one attached hydrogen (secondary N) is 1. The summed E-state index contributed by atoms with van der Waals surface area (Å²) in [4.78, 5) is 11.3. The summed E-state index contributed by atoms with van der Waals surface area (Å²) in [6.45, 7) is 6.01. The SMILES string of the molecule is COC(=O)[C@H]1CNC[C@H]1C(C)C. The summed E-state index contributed by atoms with van der Waals surface area (Å²) in [5.41, 5.74) is 0. The van der Waals surface area contributed by atoms with Crippen molar-refractivity contribution < 1.29 is 9.53 Å². The monoisotopic (exact) mass is 171 g/mol. The average molecular weight is 171 g/mol. The molecule has 0 radical (unpaired) electrons. The van der Waals surface area contributed by atoms with E-state index in [-0.39, 0.29) is 11.9 Å². The van der Waals surface area contributed by atoms with Gasteiger partial charge in [-0.05, 0) is 18.4 Å². The molecule has 12 heavy (non-hydrogen) atoms. The maximum atomic E-state index is 11.3. The van der Waals surface area contributed by atoms with Crippen molar-refractivity contribution in [3.63, 3.8) is 0 Å². The molecule has 3 heteroatoms. The molecule has 1 fully saturated rings. The third-order valence-electron chi connectivity index (χ3n) is 2.62. The van der Waals surface area contributed by atoms with Crippen molar-refractivity contribution in [2.24, 2.45) is 17.8 Å². The fourth-order valence-corrected chi connectivity index (χ4v) is 1.81. The summed E-state index contributed by atoms with van der Waals surface area (Å²) in [5.74, 6) is 0.982. The predicted octanol–water partition coefficient (Wildman–Crippen LogP) is 0.651. The first-order valence-electron chi connectivity index (χ1n) is 4.45. The highest BCUT2D eigenvalue weighted by Gasteiger charge is 2.35. The predicted molar refractivity (Wildman–Crippen MR) is 46.7 cm³/mol. The van der Waals surface area contributed by atoms with Gasteiger partial charge in [0.05, 0.1) is 13.0 Å². The van der Waals surface area contributed by atoms with E-state index < -0.39 is 0 Å². The quantitative estimate of drug-likeness (QED) is 0.620. The molecule has 1 rings (SSSR count). The van der Waals surface area contributed by atoms with Gasteiger partial charge in [0.25, 0.3) is 0 Å². The van der Waals surface area contributed by atoms with E-state index in [1.54, 1.807) is 0 Å². The van der Waals surface area contributed by atoms with Crippen LogP contribution in [0.25, 0.3) is 0 Å². The van der Waals surface area contributed by atoms with Crippen LogP contribution in [0.5, 0.6) is 0 Å². The van der Waals surface area contributed by atoms with E-state index in [0.29, 0.717) is 11.8 Å². The Morgan fingerprint density at radius 3 is 2.67 bits per heavy atom. The zero-order valence-corrected chi connectivity index (χ0v) is 7.96. The van der Waals surface area contributed by atoms with E-state index in [4.69, 9.17) is 4.74 Å². The smallest absolute Gasteiger partial charge is 0.310 e. The van der Waals surface area contributed by atoms with Crippen molar-refractivity contribution in [1.29, 1.82) is 0 Å². The number of carbonyl (C=O) groups excluding carboxylic acids is 1. The van der Waals surface area contributed by atoms with Crippen molar-refractivity contribution in [2.75, 3.05) is 20.2 Å². The molecule has 1 aliphatic rings. The number of ether oxygens (including phenoxy) is 1. The van der Waals surface area contributed by atoms with Gasteiger partial charge in [0.15, 0.2) is 0 Å². The molecular formula is C9H17NO2. The first-order chi connectivity index (χ1) is 5.66. The zero-order chi connectivity index (χ0) is 9.14. The van der Waals surface area contributed by atoms with Gasteiger partial charge in [-0.15, -0.1) is 0 Å². The molecule has 0 saturated carbocycles. The largest absolute Gasteiger partial charge is 0.469 e. The minimum atomic E-state index is -0.0706. The van der Waals surface area contributed by atoms with Crippen molar-refractivity contribution in [3.05, 3.63) is 0 Å². The standard InChI is InChI=1S/C9H17NO2/c1-6(2)7-4-10-5-8(7)9(11)12-3/h6-8,10H,4-5H2,1-3H3/t7-,8-/m0/s1. The topological polar surface area (TPSA) is 38.3 Å². The van der Waals surface area contributed by atoms with Gasteiger partial charge >= 0.3 is 5.97 Å². The molecule has 1 heterocycles. The molecule has 0 unspecified atom stereocenters. The summed E-state index contributed by atoms with van der Waals surface area (Å²) >= 11 is 0. The Morgan fingerprint density at radius 1 is 1.50 bits per heavy atom. The van der Waals surface area contributed by atoms with E-state index in [9.17, 15) is 4.79 Å². The van der Waals surface area contributed by atoms with Gasteiger partial charge in [0, 0.05) is 6.54 Å². The van der Waals surface area contributed by atoms with Crippen LogP contribution in [0, 0.1) is 17.8 Å². The van der Waals surface area contributed by atoms with Gasteiger partial charge < -0.3 is 10.1 Å². The molecule has 1 aliphatic heterocycles. The Balaban J connectivity index is 2.57. The molecule has 0 aromatic heterocycles. The third kappa shape index (κ3) is 1.78. The second kappa shape index (κ2) is 3.90. The van der Waals surface area contributed by atoms with E-state index in [1.807, 2.05) is 0 Å². The normalized spacial score (nSPS) is 29.3. The second-order valence-electron chi connectivity index (χ2n) is 3.70. The van der Waals surface area contributed by atoms with E-state index in [1.165, 1.54) is 7.11 Å². The molecule has 1 N–H and O–H groups in total. The van der Waals surface area contributed by atoms with Crippen LogP contribution in [0.1, 0.15) is 13.8 Å². The Labute approximate surface area is 73.5 Å². The lowest BCUT2D eigenvalue weighted by Crippen LogP contribution is -2.27. The molecule has 0 amide bonds. The minimum Gasteiger partial charge on any atom is -0.469 e. The lowest BCUT2D eigenvalue weighted by atomic mass is 9.86. The summed E-state index contributed by atoms with van der Waals surface area (Å²) in [6.07, 6.45) is 0. The number of rotatable bonds is 2. The Bertz CT molecular complexity index is 168. The number of hydrogen-bond donors (Lipinski definition) is 1. The number of esters is 1. The third-order valence-corrected chi connectivity index (χ3v) is 2.62. The van der Waals surface area contributed by atoms with Crippen LogP contribution in [0.3, 0.4) is 0 Å². The molecule has 0 aromatic rings. The van der Waals surface area contributed by atoms with Crippen LogP contribution in [-0.2, 0) is 9.53 Å². The fourth-order valence-electron chi connectivity index (χ4n) is 1.81. The first kappa shape index (κ1) is 9.52. The van der Waals surface area contributed by atoms with Crippen molar-refractivity contribution in [1.82, 2.24) is 5.32 Å². The molecule has 1 saturated heterocycles. The number of methoxy groups -OCH3 is 1. The van der Waals surface area contributed by atoms with E-state index in [2.05, 4.69) is 19.2 Å². The summed E-state index contributed by atoms with van der Waals surface area (Å²) < 4.78 is 4.74. The van der Waals surface area contributed by atoms with Crippen molar-refractivity contribution >= 4 is 5.97 Å². The Hall–Kier alpha value is -0.570. The van der Waals surface area contributed by atoms with Crippen LogP contribution < -0.4 is 5.32 Å². The van der Waals surface area contributed by atoms with Gasteiger partial charge in [-0.25, -0.2) is 0 Å². The highest BCUT2D eigenvalue weighted by atomic mass is 16.5. The maximum Gasteiger partial charge on any atom is 0.310 e. The Kier molecular flexibility index (Phi) is 3.09. The maximum absolute atomic E-state index is 11.3. The lowest BCUT2D eigenvalue weighted by molar-refractivity contribution is -0.146. The molecular weight excluding hydrogens is 154 g/mol. The van der Waals surface area contributed by atoms with Crippen LogP contribution in [-0.4, -0.2) is 26.2 Å². The van der Waals surface area contributed by atoms with Gasteiger partial charge in [-0.1, -0.05) is 13.8 Å². The average Bonchev–Trinajstić information content (AvgIpc) is 2.50. The zero-order valence-electron chi connectivity index (χ0n) is 7.96. The van der Waals surface area contributed by atoms with E-state index >= 15 is 0 Å². The van der Waals surface area contributed by atoms with Gasteiger partial charge in [-0.2, -0.15) is 0 Å². The highest BCUT2D eigenvalue weighted by molar-refractivity contribution is 5.73. The molecule has 2 atom stereocenters. The fraction of sp³-hybridized carbons (Fsp3) is 0.889. The van der Waals surface area contributed by atoms with Gasteiger partial charge in [0.2, 0.25) is 0 Å². The van der Waals surface area contributed by atoms with E-state index in [0.717, 1.165) is 13.1 Å².